The minimum absolute atomic E-state index is 0.0145. The highest BCUT2D eigenvalue weighted by molar-refractivity contribution is 5.57. The Balaban J connectivity index is 2.90. The van der Waals surface area contributed by atoms with Crippen molar-refractivity contribution in [3.8, 4) is 5.75 Å². The van der Waals surface area contributed by atoms with Crippen LogP contribution >= 0.6 is 0 Å². The second-order valence-corrected chi connectivity index (χ2v) is 3.28. The quantitative estimate of drug-likeness (QED) is 0.726. The minimum Gasteiger partial charge on any atom is -0.507 e. The van der Waals surface area contributed by atoms with Gasteiger partial charge in [-0.2, -0.15) is 0 Å². The molecule has 0 amide bonds. The van der Waals surface area contributed by atoms with Gasteiger partial charge < -0.3 is 10.8 Å². The Morgan fingerprint density at radius 3 is 2.69 bits per heavy atom. The fourth-order valence-corrected chi connectivity index (χ4v) is 1.05. The van der Waals surface area contributed by atoms with Gasteiger partial charge in [0, 0.05) is 11.6 Å². The third kappa shape index (κ3) is 2.92. The van der Waals surface area contributed by atoms with Crippen LogP contribution in [0.1, 0.15) is 18.1 Å². The lowest BCUT2D eigenvalue weighted by atomic mass is 10.1. The van der Waals surface area contributed by atoms with Crippen molar-refractivity contribution in [3.05, 3.63) is 35.4 Å². The standard InChI is InChI=1S/C11H15NO/c1-8-3-5-10(11(13)7-8)6-4-9(2)12/h3-7,9,13H,12H2,1-2H3/b6-4+. The summed E-state index contributed by atoms with van der Waals surface area (Å²) in [7, 11) is 0. The van der Waals surface area contributed by atoms with Gasteiger partial charge in [0.15, 0.2) is 0 Å². The summed E-state index contributed by atoms with van der Waals surface area (Å²) >= 11 is 0. The van der Waals surface area contributed by atoms with Crippen LogP contribution in [0.25, 0.3) is 6.08 Å². The van der Waals surface area contributed by atoms with E-state index in [2.05, 4.69) is 0 Å². The maximum Gasteiger partial charge on any atom is 0.123 e. The summed E-state index contributed by atoms with van der Waals surface area (Å²) in [5.74, 6) is 0.303. The van der Waals surface area contributed by atoms with Gasteiger partial charge in [-0.1, -0.05) is 24.3 Å². The predicted molar refractivity (Wildman–Crippen MR) is 55.5 cm³/mol. The number of phenols is 1. The maximum atomic E-state index is 9.51. The van der Waals surface area contributed by atoms with E-state index in [1.165, 1.54) is 0 Å². The largest absolute Gasteiger partial charge is 0.507 e. The summed E-state index contributed by atoms with van der Waals surface area (Å²) in [5, 5.41) is 9.51. The van der Waals surface area contributed by atoms with Crippen molar-refractivity contribution in [2.75, 3.05) is 0 Å². The molecule has 13 heavy (non-hydrogen) atoms. The van der Waals surface area contributed by atoms with E-state index < -0.39 is 0 Å². The Bertz CT molecular complexity index is 316. The SMILES string of the molecule is Cc1ccc(/C=C/C(C)N)c(O)c1. The van der Waals surface area contributed by atoms with Crippen molar-refractivity contribution in [2.24, 2.45) is 5.73 Å². The number of benzene rings is 1. The molecule has 0 saturated carbocycles. The van der Waals surface area contributed by atoms with Crippen LogP contribution in [0.5, 0.6) is 5.75 Å². The van der Waals surface area contributed by atoms with E-state index in [4.69, 9.17) is 5.73 Å². The monoisotopic (exact) mass is 177 g/mol. The van der Waals surface area contributed by atoms with E-state index >= 15 is 0 Å². The molecule has 0 aliphatic heterocycles. The molecule has 1 unspecified atom stereocenters. The van der Waals surface area contributed by atoms with Crippen molar-refractivity contribution < 1.29 is 5.11 Å². The molecule has 1 aromatic rings. The van der Waals surface area contributed by atoms with Gasteiger partial charge in [0.2, 0.25) is 0 Å². The Kier molecular flexibility index (Phi) is 3.09. The van der Waals surface area contributed by atoms with Gasteiger partial charge in [-0.3, -0.25) is 0 Å². The van der Waals surface area contributed by atoms with Crippen molar-refractivity contribution in [3.63, 3.8) is 0 Å². The van der Waals surface area contributed by atoms with Gasteiger partial charge in [-0.25, -0.2) is 0 Å². The predicted octanol–water partition coefficient (Wildman–Crippen LogP) is 2.06. The smallest absolute Gasteiger partial charge is 0.123 e. The molecular formula is C11H15NO. The lowest BCUT2D eigenvalue weighted by molar-refractivity contribution is 0.473. The summed E-state index contributed by atoms with van der Waals surface area (Å²) in [6.07, 6.45) is 3.68. The van der Waals surface area contributed by atoms with E-state index in [1.807, 2.05) is 38.1 Å². The van der Waals surface area contributed by atoms with E-state index in [0.717, 1.165) is 11.1 Å². The normalized spacial score (nSPS) is 13.5. The minimum atomic E-state index is 0.0145. The van der Waals surface area contributed by atoms with Crippen LogP contribution in [0.4, 0.5) is 0 Å². The second-order valence-electron chi connectivity index (χ2n) is 3.28. The zero-order valence-corrected chi connectivity index (χ0v) is 7.99. The summed E-state index contributed by atoms with van der Waals surface area (Å²) in [4.78, 5) is 0. The van der Waals surface area contributed by atoms with Gasteiger partial charge >= 0.3 is 0 Å². The van der Waals surface area contributed by atoms with Crippen LogP contribution < -0.4 is 5.73 Å². The van der Waals surface area contributed by atoms with Gasteiger partial charge in [0.25, 0.3) is 0 Å². The van der Waals surface area contributed by atoms with Crippen molar-refractivity contribution in [1.82, 2.24) is 0 Å². The van der Waals surface area contributed by atoms with Crippen LogP contribution in [0.3, 0.4) is 0 Å². The van der Waals surface area contributed by atoms with Crippen molar-refractivity contribution >= 4 is 6.08 Å². The Morgan fingerprint density at radius 1 is 1.46 bits per heavy atom. The maximum absolute atomic E-state index is 9.51. The Hall–Kier alpha value is -1.28. The average Bonchev–Trinajstić information content (AvgIpc) is 2.02. The van der Waals surface area contributed by atoms with E-state index in [1.54, 1.807) is 6.07 Å². The first-order valence-corrected chi connectivity index (χ1v) is 4.33. The fraction of sp³-hybridized carbons (Fsp3) is 0.273. The molecule has 3 N–H and O–H groups in total. The molecular weight excluding hydrogens is 162 g/mol. The lowest BCUT2D eigenvalue weighted by Crippen LogP contribution is -2.09. The molecule has 0 fully saturated rings. The molecule has 0 heterocycles. The molecule has 2 heteroatoms. The molecule has 0 spiro atoms. The number of hydrogen-bond donors (Lipinski definition) is 2. The summed E-state index contributed by atoms with van der Waals surface area (Å²) in [6.45, 7) is 3.83. The molecule has 1 rings (SSSR count). The third-order valence-corrected chi connectivity index (χ3v) is 1.77. The van der Waals surface area contributed by atoms with Crippen LogP contribution in [0, 0.1) is 6.92 Å². The van der Waals surface area contributed by atoms with Crippen molar-refractivity contribution in [1.29, 1.82) is 0 Å². The average molecular weight is 177 g/mol. The molecule has 2 nitrogen and oxygen atoms in total. The zero-order valence-electron chi connectivity index (χ0n) is 7.99. The molecule has 1 aromatic carbocycles. The molecule has 0 aromatic heterocycles. The van der Waals surface area contributed by atoms with Crippen molar-refractivity contribution in [2.45, 2.75) is 19.9 Å². The number of aryl methyl sites for hydroxylation is 1. The van der Waals surface area contributed by atoms with Gasteiger partial charge in [-0.15, -0.1) is 0 Å². The number of aromatic hydroxyl groups is 1. The molecule has 0 bridgehead atoms. The third-order valence-electron chi connectivity index (χ3n) is 1.77. The molecule has 0 aliphatic carbocycles. The van der Waals surface area contributed by atoms with E-state index in [0.29, 0.717) is 5.75 Å². The molecule has 0 radical (unpaired) electrons. The molecule has 0 saturated heterocycles. The van der Waals surface area contributed by atoms with Gasteiger partial charge in [0.05, 0.1) is 0 Å². The first-order valence-electron chi connectivity index (χ1n) is 4.33. The number of hydrogen-bond acceptors (Lipinski definition) is 2. The molecule has 1 atom stereocenters. The van der Waals surface area contributed by atoms with Crippen LogP contribution in [-0.2, 0) is 0 Å². The molecule has 70 valence electrons. The number of nitrogens with two attached hydrogens (primary N) is 1. The van der Waals surface area contributed by atoms with E-state index in [9.17, 15) is 5.11 Å². The second kappa shape index (κ2) is 4.10. The highest BCUT2D eigenvalue weighted by Gasteiger charge is 1.96. The summed E-state index contributed by atoms with van der Waals surface area (Å²) < 4.78 is 0. The zero-order chi connectivity index (χ0) is 9.84. The highest BCUT2D eigenvalue weighted by Crippen LogP contribution is 2.19. The fourth-order valence-electron chi connectivity index (χ4n) is 1.05. The van der Waals surface area contributed by atoms with Crippen LogP contribution in [-0.4, -0.2) is 11.1 Å². The topological polar surface area (TPSA) is 46.2 Å². The number of rotatable bonds is 2. The first kappa shape index (κ1) is 9.81. The summed E-state index contributed by atoms with van der Waals surface area (Å²) in [5.41, 5.74) is 7.41. The first-order chi connectivity index (χ1) is 6.09. The highest BCUT2D eigenvalue weighted by atomic mass is 16.3. The van der Waals surface area contributed by atoms with Crippen LogP contribution in [0.15, 0.2) is 24.3 Å². The summed E-state index contributed by atoms with van der Waals surface area (Å²) in [6, 6.07) is 5.59. The lowest BCUT2D eigenvalue weighted by Gasteiger charge is -2.01. The van der Waals surface area contributed by atoms with E-state index in [-0.39, 0.29) is 6.04 Å². The van der Waals surface area contributed by atoms with Crippen LogP contribution in [0.2, 0.25) is 0 Å². The molecule has 0 aliphatic rings. The van der Waals surface area contributed by atoms with Gasteiger partial charge in [0.1, 0.15) is 5.75 Å². The van der Waals surface area contributed by atoms with Gasteiger partial charge in [-0.05, 0) is 25.5 Å². The Labute approximate surface area is 78.7 Å². The number of phenolic OH excluding ortho intramolecular Hbond substituents is 1. The Morgan fingerprint density at radius 2 is 2.15 bits per heavy atom.